The van der Waals surface area contributed by atoms with Crippen molar-refractivity contribution in [1.29, 1.82) is 0 Å². The summed E-state index contributed by atoms with van der Waals surface area (Å²) in [5.74, 6) is 1.48. The lowest BCUT2D eigenvalue weighted by Gasteiger charge is -2.22. The monoisotopic (exact) mass is 290 g/mol. The van der Waals surface area contributed by atoms with Gasteiger partial charge in [-0.15, -0.1) is 0 Å². The van der Waals surface area contributed by atoms with Crippen molar-refractivity contribution >= 4 is 33.5 Å². The van der Waals surface area contributed by atoms with E-state index >= 15 is 0 Å². The number of hydrogen-bond acceptors (Lipinski definition) is 4. The minimum absolute atomic E-state index is 0.502. The largest absolute Gasteiger partial charge is 0.387 e. The Morgan fingerprint density at radius 3 is 2.87 bits per heavy atom. The summed E-state index contributed by atoms with van der Waals surface area (Å²) < 4.78 is 0.948. The van der Waals surface area contributed by atoms with Gasteiger partial charge in [-0.05, 0) is 41.2 Å². The molecule has 0 aliphatic rings. The predicted octanol–water partition coefficient (Wildman–Crippen LogP) is 2.37. The maximum atomic E-state index is 9.91. The van der Waals surface area contributed by atoms with Gasteiger partial charge in [-0.1, -0.05) is 0 Å². The number of nitrogens with zero attached hydrogens (tertiary/aromatic N) is 1. The van der Waals surface area contributed by atoms with Crippen LogP contribution in [0, 0.1) is 0 Å². The SMILES string of the molecule is CSC[C@](C)(O)CNc1ccc(Br)cn1. The summed E-state index contributed by atoms with van der Waals surface area (Å²) in [5, 5.41) is 13.0. The first-order chi connectivity index (χ1) is 7.03. The number of rotatable bonds is 5. The summed E-state index contributed by atoms with van der Waals surface area (Å²) in [6.07, 6.45) is 3.71. The second kappa shape index (κ2) is 5.72. The molecule has 0 saturated carbocycles. The molecule has 0 spiro atoms. The molecule has 1 atom stereocenters. The van der Waals surface area contributed by atoms with Gasteiger partial charge in [0.15, 0.2) is 0 Å². The zero-order valence-electron chi connectivity index (χ0n) is 8.83. The molecule has 0 unspecified atom stereocenters. The Kier molecular flexibility index (Phi) is 4.89. The topological polar surface area (TPSA) is 45.1 Å². The number of nitrogens with one attached hydrogen (secondary N) is 1. The molecule has 15 heavy (non-hydrogen) atoms. The van der Waals surface area contributed by atoms with E-state index in [0.717, 1.165) is 10.3 Å². The molecule has 1 aromatic rings. The van der Waals surface area contributed by atoms with Gasteiger partial charge >= 0.3 is 0 Å². The fourth-order valence-corrected chi connectivity index (χ4v) is 2.08. The molecular formula is C10H15BrN2OS. The van der Waals surface area contributed by atoms with E-state index in [0.29, 0.717) is 12.3 Å². The Labute approximate surface area is 103 Å². The first-order valence-electron chi connectivity index (χ1n) is 4.60. The zero-order chi connectivity index (χ0) is 11.3. The molecule has 0 amide bonds. The minimum atomic E-state index is -0.700. The van der Waals surface area contributed by atoms with Gasteiger partial charge in [0.25, 0.3) is 0 Å². The number of thioether (sulfide) groups is 1. The van der Waals surface area contributed by atoms with Gasteiger partial charge < -0.3 is 10.4 Å². The molecular weight excluding hydrogens is 276 g/mol. The maximum Gasteiger partial charge on any atom is 0.126 e. The first kappa shape index (κ1) is 12.8. The van der Waals surface area contributed by atoms with Gasteiger partial charge in [0, 0.05) is 23.0 Å². The average Bonchev–Trinajstić information content (AvgIpc) is 2.17. The molecule has 5 heteroatoms. The van der Waals surface area contributed by atoms with Gasteiger partial charge in [-0.25, -0.2) is 4.98 Å². The highest BCUT2D eigenvalue weighted by molar-refractivity contribution is 9.10. The van der Waals surface area contributed by atoms with Gasteiger partial charge in [0.1, 0.15) is 5.82 Å². The summed E-state index contributed by atoms with van der Waals surface area (Å²) >= 11 is 4.95. The minimum Gasteiger partial charge on any atom is -0.387 e. The third-order valence-electron chi connectivity index (χ3n) is 1.83. The molecule has 0 fully saturated rings. The molecule has 0 radical (unpaired) electrons. The standard InChI is InChI=1S/C10H15BrN2OS/c1-10(14,7-15-2)6-13-9-4-3-8(11)5-12-9/h3-5,14H,6-7H2,1-2H3,(H,12,13)/t10-/m1/s1. The maximum absolute atomic E-state index is 9.91. The van der Waals surface area contributed by atoms with Crippen LogP contribution in [0.5, 0.6) is 0 Å². The summed E-state index contributed by atoms with van der Waals surface area (Å²) in [7, 11) is 0. The summed E-state index contributed by atoms with van der Waals surface area (Å²) in [5.41, 5.74) is -0.700. The van der Waals surface area contributed by atoms with Crippen LogP contribution in [-0.2, 0) is 0 Å². The lowest BCUT2D eigenvalue weighted by atomic mass is 10.1. The van der Waals surface area contributed by atoms with Crippen molar-refractivity contribution in [3.8, 4) is 0 Å². The molecule has 1 aromatic heterocycles. The number of anilines is 1. The van der Waals surface area contributed by atoms with Crippen molar-refractivity contribution < 1.29 is 5.11 Å². The molecule has 0 aromatic carbocycles. The normalized spacial score (nSPS) is 14.7. The van der Waals surface area contributed by atoms with Crippen LogP contribution in [0.25, 0.3) is 0 Å². The molecule has 0 aliphatic heterocycles. The molecule has 0 bridgehead atoms. The van der Waals surface area contributed by atoms with Crippen molar-refractivity contribution in [2.45, 2.75) is 12.5 Å². The Morgan fingerprint density at radius 2 is 2.33 bits per heavy atom. The molecule has 1 rings (SSSR count). The zero-order valence-corrected chi connectivity index (χ0v) is 11.2. The summed E-state index contributed by atoms with van der Waals surface area (Å²) in [6.45, 7) is 2.32. The van der Waals surface area contributed by atoms with E-state index in [1.807, 2.05) is 25.3 Å². The van der Waals surface area contributed by atoms with Crippen LogP contribution >= 0.6 is 27.7 Å². The van der Waals surface area contributed by atoms with Crippen LogP contribution in [0.3, 0.4) is 0 Å². The third kappa shape index (κ3) is 4.86. The van der Waals surface area contributed by atoms with Gasteiger partial charge in [-0.3, -0.25) is 0 Å². The number of hydrogen-bond donors (Lipinski definition) is 2. The quantitative estimate of drug-likeness (QED) is 0.874. The summed E-state index contributed by atoms with van der Waals surface area (Å²) in [6, 6.07) is 3.79. The Bertz CT molecular complexity index is 303. The van der Waals surface area contributed by atoms with Crippen molar-refractivity contribution in [1.82, 2.24) is 4.98 Å². The van der Waals surface area contributed by atoms with Crippen molar-refractivity contribution in [2.75, 3.05) is 23.9 Å². The van der Waals surface area contributed by atoms with Crippen molar-refractivity contribution in [3.63, 3.8) is 0 Å². The number of aliphatic hydroxyl groups is 1. The molecule has 84 valence electrons. The predicted molar refractivity (Wildman–Crippen MR) is 69.4 cm³/mol. The fourth-order valence-electron chi connectivity index (χ4n) is 1.12. The Hall–Kier alpha value is -0.260. The van der Waals surface area contributed by atoms with Crippen LogP contribution in [-0.4, -0.2) is 34.2 Å². The molecule has 1 heterocycles. The molecule has 0 saturated heterocycles. The second-order valence-electron chi connectivity index (χ2n) is 3.65. The smallest absolute Gasteiger partial charge is 0.126 e. The third-order valence-corrected chi connectivity index (χ3v) is 3.21. The van der Waals surface area contributed by atoms with Crippen LogP contribution in [0.1, 0.15) is 6.92 Å². The summed E-state index contributed by atoms with van der Waals surface area (Å²) in [4.78, 5) is 4.17. The van der Waals surface area contributed by atoms with Gasteiger partial charge in [0.05, 0.1) is 5.60 Å². The Balaban J connectivity index is 2.46. The highest BCUT2D eigenvalue weighted by Crippen LogP contribution is 2.14. The van der Waals surface area contributed by atoms with Crippen molar-refractivity contribution in [3.05, 3.63) is 22.8 Å². The number of aromatic nitrogens is 1. The average molecular weight is 291 g/mol. The van der Waals surface area contributed by atoms with E-state index in [2.05, 4.69) is 26.2 Å². The lowest BCUT2D eigenvalue weighted by molar-refractivity contribution is 0.0996. The van der Waals surface area contributed by atoms with E-state index in [-0.39, 0.29) is 0 Å². The van der Waals surface area contributed by atoms with E-state index in [1.54, 1.807) is 18.0 Å². The van der Waals surface area contributed by atoms with Crippen LogP contribution in [0.4, 0.5) is 5.82 Å². The fraction of sp³-hybridized carbons (Fsp3) is 0.500. The number of halogens is 1. The van der Waals surface area contributed by atoms with E-state index in [9.17, 15) is 5.11 Å². The molecule has 3 nitrogen and oxygen atoms in total. The second-order valence-corrected chi connectivity index (χ2v) is 5.43. The molecule has 0 aliphatic carbocycles. The van der Waals surface area contributed by atoms with Crippen molar-refractivity contribution in [2.24, 2.45) is 0 Å². The van der Waals surface area contributed by atoms with Crippen LogP contribution in [0.2, 0.25) is 0 Å². The lowest BCUT2D eigenvalue weighted by Crippen LogP contribution is -2.36. The van der Waals surface area contributed by atoms with E-state index < -0.39 is 5.60 Å². The van der Waals surface area contributed by atoms with E-state index in [1.165, 1.54) is 0 Å². The Morgan fingerprint density at radius 1 is 1.60 bits per heavy atom. The molecule has 2 N–H and O–H groups in total. The van der Waals surface area contributed by atoms with E-state index in [4.69, 9.17) is 0 Å². The highest BCUT2D eigenvalue weighted by Gasteiger charge is 2.18. The first-order valence-corrected chi connectivity index (χ1v) is 6.79. The van der Waals surface area contributed by atoms with Gasteiger partial charge in [-0.2, -0.15) is 11.8 Å². The van der Waals surface area contributed by atoms with Crippen LogP contribution < -0.4 is 5.32 Å². The highest BCUT2D eigenvalue weighted by atomic mass is 79.9. The van der Waals surface area contributed by atoms with Crippen LogP contribution in [0.15, 0.2) is 22.8 Å². The number of pyridine rings is 1. The van der Waals surface area contributed by atoms with Gasteiger partial charge in [0.2, 0.25) is 0 Å².